The number of carbonyl (C=O) groups is 1. The largest absolute Gasteiger partial charge is 0.457 e. The van der Waals surface area contributed by atoms with Gasteiger partial charge < -0.3 is 15.0 Å². The van der Waals surface area contributed by atoms with Crippen molar-refractivity contribution < 1.29 is 13.9 Å². The van der Waals surface area contributed by atoms with Crippen molar-refractivity contribution in [2.75, 3.05) is 11.9 Å². The van der Waals surface area contributed by atoms with Crippen LogP contribution in [0.4, 0.5) is 15.9 Å². The molecule has 4 aromatic heterocycles. The molecule has 1 saturated carbocycles. The summed E-state index contributed by atoms with van der Waals surface area (Å²) in [7, 11) is 0. The molecule has 10 nitrogen and oxygen atoms in total. The van der Waals surface area contributed by atoms with Crippen LogP contribution in [0, 0.1) is 18.7 Å². The van der Waals surface area contributed by atoms with E-state index in [0.717, 1.165) is 37.9 Å². The number of nitrogens with zero attached hydrogens (tertiary/aromatic N) is 7. The minimum atomic E-state index is -0.453. The summed E-state index contributed by atoms with van der Waals surface area (Å²) in [6.07, 6.45) is 9.97. The van der Waals surface area contributed by atoms with E-state index < -0.39 is 5.82 Å². The van der Waals surface area contributed by atoms with Crippen molar-refractivity contribution in [3.63, 3.8) is 0 Å². The van der Waals surface area contributed by atoms with Gasteiger partial charge in [0.15, 0.2) is 17.3 Å². The Morgan fingerprint density at radius 2 is 2.02 bits per heavy atom. The molecule has 1 N–H and O–H groups in total. The van der Waals surface area contributed by atoms with E-state index in [4.69, 9.17) is 9.72 Å². The second-order valence-electron chi connectivity index (χ2n) is 11.0. The third-order valence-electron chi connectivity index (χ3n) is 8.43. The van der Waals surface area contributed by atoms with Crippen LogP contribution >= 0.6 is 0 Å². The molecule has 0 unspecified atom stereocenters. The first-order valence-corrected chi connectivity index (χ1v) is 14.0. The van der Waals surface area contributed by atoms with Gasteiger partial charge in [0.05, 0.1) is 11.2 Å². The first-order chi connectivity index (χ1) is 20.5. The summed E-state index contributed by atoms with van der Waals surface area (Å²) in [5, 5.41) is 7.22. The van der Waals surface area contributed by atoms with Gasteiger partial charge in [0.1, 0.15) is 29.7 Å². The number of fused-ring (bicyclic) bond motifs is 6. The Kier molecular flexibility index (Phi) is 6.49. The Morgan fingerprint density at radius 1 is 1.12 bits per heavy atom. The lowest BCUT2D eigenvalue weighted by molar-refractivity contribution is -0.130. The number of ether oxygens (including phenoxy) is 1. The predicted molar refractivity (Wildman–Crippen MR) is 155 cm³/mol. The van der Waals surface area contributed by atoms with Crippen LogP contribution in [0.1, 0.15) is 42.9 Å². The van der Waals surface area contributed by atoms with Gasteiger partial charge in [0, 0.05) is 42.0 Å². The molecule has 2 saturated heterocycles. The van der Waals surface area contributed by atoms with Crippen LogP contribution in [0.3, 0.4) is 0 Å². The molecule has 42 heavy (non-hydrogen) atoms. The molecule has 8 rings (SSSR count). The molecule has 0 radical (unpaired) electrons. The van der Waals surface area contributed by atoms with Crippen molar-refractivity contribution in [1.29, 1.82) is 0 Å². The molecule has 0 spiro atoms. The molecular weight excluding hydrogens is 535 g/mol. The number of pyridine rings is 2. The van der Waals surface area contributed by atoms with E-state index >= 15 is 4.39 Å². The minimum Gasteiger partial charge on any atom is -0.457 e. The molecule has 5 aromatic rings. The highest BCUT2D eigenvalue weighted by atomic mass is 19.1. The Hall–Kier alpha value is -4.93. The molecular formula is C31H29FN8O2. The SMILES string of the molecule is C=CC(=O)N1C[C@@H]2CC[C@@H]1C[C@H](c1ccc3ncnc(Nc4ccc(Oc5ccn6ncnc6c5)c(C)c4F)c3n1)C2. The summed E-state index contributed by atoms with van der Waals surface area (Å²) in [6.45, 7) is 6.12. The molecule has 212 valence electrons. The number of anilines is 2. The fourth-order valence-electron chi connectivity index (χ4n) is 6.26. The van der Waals surface area contributed by atoms with Crippen molar-refractivity contribution in [1.82, 2.24) is 34.4 Å². The first kappa shape index (κ1) is 26.0. The molecule has 3 aliphatic rings. The van der Waals surface area contributed by atoms with Gasteiger partial charge in [-0.05, 0) is 74.9 Å². The van der Waals surface area contributed by atoms with Crippen LogP contribution in [0.5, 0.6) is 11.5 Å². The van der Waals surface area contributed by atoms with E-state index in [0.29, 0.717) is 45.5 Å². The molecule has 3 atom stereocenters. The highest BCUT2D eigenvalue weighted by Crippen LogP contribution is 2.41. The number of aromatic nitrogens is 6. The van der Waals surface area contributed by atoms with Crippen molar-refractivity contribution in [3.05, 3.63) is 85.0 Å². The Labute approximate surface area is 241 Å². The van der Waals surface area contributed by atoms with Gasteiger partial charge in [-0.25, -0.2) is 28.8 Å². The number of hydrogen-bond acceptors (Lipinski definition) is 8. The highest BCUT2D eigenvalue weighted by molar-refractivity contribution is 5.88. The third kappa shape index (κ3) is 4.70. The van der Waals surface area contributed by atoms with Crippen LogP contribution in [-0.4, -0.2) is 52.9 Å². The summed E-state index contributed by atoms with van der Waals surface area (Å²) >= 11 is 0. The zero-order chi connectivity index (χ0) is 28.8. The van der Waals surface area contributed by atoms with E-state index in [1.165, 1.54) is 18.7 Å². The molecule has 1 amide bonds. The van der Waals surface area contributed by atoms with E-state index in [1.54, 1.807) is 41.9 Å². The maximum absolute atomic E-state index is 15.6. The number of hydrogen-bond donors (Lipinski definition) is 1. The molecule has 3 fully saturated rings. The Morgan fingerprint density at radius 3 is 2.90 bits per heavy atom. The zero-order valence-corrected chi connectivity index (χ0v) is 23.1. The van der Waals surface area contributed by atoms with Crippen molar-refractivity contribution in [3.8, 4) is 11.5 Å². The number of rotatable bonds is 6. The third-order valence-corrected chi connectivity index (χ3v) is 8.43. The smallest absolute Gasteiger partial charge is 0.246 e. The number of benzene rings is 1. The van der Waals surface area contributed by atoms with Crippen LogP contribution in [-0.2, 0) is 4.79 Å². The molecule has 6 heterocycles. The number of piperidine rings is 1. The minimum absolute atomic E-state index is 0.00170. The predicted octanol–water partition coefficient (Wildman–Crippen LogP) is 5.72. The fraction of sp³-hybridized carbons (Fsp3) is 0.290. The van der Waals surface area contributed by atoms with E-state index in [1.807, 2.05) is 17.0 Å². The molecule has 1 aliphatic carbocycles. The number of carbonyl (C=O) groups excluding carboxylic acids is 1. The highest BCUT2D eigenvalue weighted by Gasteiger charge is 2.38. The Bertz CT molecular complexity index is 1840. The van der Waals surface area contributed by atoms with Gasteiger partial charge in [-0.1, -0.05) is 6.58 Å². The summed E-state index contributed by atoms with van der Waals surface area (Å²) in [5.74, 6) is 1.52. The van der Waals surface area contributed by atoms with Crippen LogP contribution in [0.2, 0.25) is 0 Å². The average Bonchev–Trinajstić information content (AvgIpc) is 3.28. The molecule has 11 heteroatoms. The van der Waals surface area contributed by atoms with E-state index in [-0.39, 0.29) is 23.6 Å². The Balaban J connectivity index is 1.15. The second kappa shape index (κ2) is 10.5. The topological polar surface area (TPSA) is 110 Å². The second-order valence-corrected chi connectivity index (χ2v) is 11.0. The van der Waals surface area contributed by atoms with Gasteiger partial charge in [0.2, 0.25) is 5.91 Å². The lowest BCUT2D eigenvalue weighted by Gasteiger charge is -2.36. The monoisotopic (exact) mass is 564 g/mol. The van der Waals surface area contributed by atoms with E-state index in [9.17, 15) is 4.79 Å². The summed E-state index contributed by atoms with van der Waals surface area (Å²) in [4.78, 5) is 32.4. The molecule has 1 aromatic carbocycles. The maximum atomic E-state index is 15.6. The molecule has 2 aliphatic heterocycles. The maximum Gasteiger partial charge on any atom is 0.246 e. The van der Waals surface area contributed by atoms with Gasteiger partial charge in [-0.15, -0.1) is 0 Å². The van der Waals surface area contributed by atoms with Crippen molar-refractivity contribution in [2.45, 2.75) is 44.6 Å². The van der Waals surface area contributed by atoms with Gasteiger partial charge in [-0.2, -0.15) is 5.10 Å². The lowest BCUT2D eigenvalue weighted by atomic mass is 9.91. The summed E-state index contributed by atoms with van der Waals surface area (Å²) in [5.41, 5.74) is 3.41. The summed E-state index contributed by atoms with van der Waals surface area (Å²) in [6, 6.07) is 11.0. The van der Waals surface area contributed by atoms with E-state index in [2.05, 4.69) is 31.9 Å². The number of nitrogens with one attached hydrogen (secondary N) is 1. The van der Waals surface area contributed by atoms with Crippen molar-refractivity contribution in [2.24, 2.45) is 5.92 Å². The van der Waals surface area contributed by atoms with Gasteiger partial charge in [0.25, 0.3) is 0 Å². The normalized spacial score (nSPS) is 20.0. The average molecular weight is 565 g/mol. The quantitative estimate of drug-likeness (QED) is 0.261. The number of halogens is 1. The van der Waals surface area contributed by atoms with Crippen LogP contribution < -0.4 is 10.1 Å². The van der Waals surface area contributed by atoms with Gasteiger partial charge >= 0.3 is 0 Å². The summed E-state index contributed by atoms with van der Waals surface area (Å²) < 4.78 is 23.2. The fourth-order valence-corrected chi connectivity index (χ4v) is 6.26. The standard InChI is InChI=1S/C31H29FN8O2/c1-3-28(41)39-15-19-4-5-21(39)13-20(12-19)23-6-7-25-30(37-23)31(35-16-33-25)38-24-8-9-26(18(2)29(24)32)42-22-10-11-40-27(14-22)34-17-36-40/h3,6-11,14,16-17,19-21H,1,4-5,12-13,15H2,2H3,(H,33,35,38)/t19-,20-,21-/m1/s1. The molecule has 2 bridgehead atoms. The van der Waals surface area contributed by atoms with Crippen molar-refractivity contribution >= 4 is 34.1 Å². The van der Waals surface area contributed by atoms with Gasteiger partial charge in [-0.3, -0.25) is 4.79 Å². The zero-order valence-electron chi connectivity index (χ0n) is 23.1. The van der Waals surface area contributed by atoms with Crippen LogP contribution in [0.15, 0.2) is 67.9 Å². The number of amides is 1. The lowest BCUT2D eigenvalue weighted by Crippen LogP contribution is -2.44. The van der Waals surface area contributed by atoms with Crippen LogP contribution in [0.25, 0.3) is 16.7 Å². The first-order valence-electron chi connectivity index (χ1n) is 14.0.